The number of imidazole rings is 1. The Balaban J connectivity index is 2.15. The Labute approximate surface area is 156 Å². The first kappa shape index (κ1) is 17.1. The fourth-order valence-corrected chi connectivity index (χ4v) is 3.62. The highest BCUT2D eigenvalue weighted by Crippen LogP contribution is 2.26. The Morgan fingerprint density at radius 1 is 1.22 bits per heavy atom. The highest BCUT2D eigenvalue weighted by Gasteiger charge is 2.23. The van der Waals surface area contributed by atoms with Crippen molar-refractivity contribution in [2.75, 3.05) is 0 Å². The molecule has 4 aromatic rings. The van der Waals surface area contributed by atoms with Crippen LogP contribution in [0.3, 0.4) is 0 Å². The maximum atomic E-state index is 13.3. The summed E-state index contributed by atoms with van der Waals surface area (Å²) in [7, 11) is 0. The minimum atomic E-state index is -0.751. The largest absolute Gasteiger partial charge is 0.364 e. The second-order valence-electron chi connectivity index (χ2n) is 5.75. The predicted octanol–water partition coefficient (Wildman–Crippen LogP) is 2.57. The first-order valence-corrected chi connectivity index (χ1v) is 9.02. The lowest BCUT2D eigenvalue weighted by Crippen LogP contribution is -2.23. The molecule has 1 amide bonds. The van der Waals surface area contributed by atoms with E-state index in [4.69, 9.17) is 5.73 Å². The van der Waals surface area contributed by atoms with Gasteiger partial charge in [-0.2, -0.15) is 0 Å². The Morgan fingerprint density at radius 3 is 2.56 bits per heavy atom. The molecule has 1 aromatic carbocycles. The number of benzene rings is 1. The van der Waals surface area contributed by atoms with Crippen LogP contribution in [0.5, 0.6) is 0 Å². The lowest BCUT2D eigenvalue weighted by Gasteiger charge is -2.06. The van der Waals surface area contributed by atoms with Gasteiger partial charge in [0.1, 0.15) is 11.3 Å². The first-order valence-electron chi connectivity index (χ1n) is 8.14. The zero-order chi connectivity index (χ0) is 19.1. The SMILES string of the molecule is CCn1c(=O)n(-c2ccc(F)cc2)c2nc(-c3cccs3)nc(C(N)=O)c21. The summed E-state index contributed by atoms with van der Waals surface area (Å²) in [5, 5.41) is 1.86. The number of rotatable bonds is 4. The van der Waals surface area contributed by atoms with Gasteiger partial charge >= 0.3 is 5.69 Å². The number of nitrogens with two attached hydrogens (primary N) is 1. The van der Waals surface area contributed by atoms with Crippen LogP contribution >= 0.6 is 11.3 Å². The van der Waals surface area contributed by atoms with Gasteiger partial charge in [-0.3, -0.25) is 9.36 Å². The third kappa shape index (κ3) is 2.72. The van der Waals surface area contributed by atoms with E-state index in [9.17, 15) is 14.0 Å². The van der Waals surface area contributed by atoms with Gasteiger partial charge < -0.3 is 5.73 Å². The molecular formula is C18H14FN5O2S. The third-order valence-electron chi connectivity index (χ3n) is 4.15. The van der Waals surface area contributed by atoms with Crippen LogP contribution in [0.25, 0.3) is 27.6 Å². The summed E-state index contributed by atoms with van der Waals surface area (Å²) in [5.41, 5.74) is 6.06. The summed E-state index contributed by atoms with van der Waals surface area (Å²) >= 11 is 1.40. The number of carbonyl (C=O) groups is 1. The van der Waals surface area contributed by atoms with Gasteiger partial charge in [0.15, 0.2) is 17.2 Å². The molecule has 7 nitrogen and oxygen atoms in total. The quantitative estimate of drug-likeness (QED) is 0.586. The molecular weight excluding hydrogens is 369 g/mol. The van der Waals surface area contributed by atoms with Gasteiger partial charge in [0.2, 0.25) is 0 Å². The highest BCUT2D eigenvalue weighted by atomic mass is 32.1. The van der Waals surface area contributed by atoms with E-state index in [2.05, 4.69) is 9.97 Å². The number of thiophene rings is 1. The van der Waals surface area contributed by atoms with Crippen molar-refractivity contribution in [3.05, 3.63) is 63.8 Å². The van der Waals surface area contributed by atoms with Crippen LogP contribution in [0.2, 0.25) is 0 Å². The van der Waals surface area contributed by atoms with Crippen molar-refractivity contribution in [1.29, 1.82) is 0 Å². The van der Waals surface area contributed by atoms with Crippen molar-refractivity contribution in [3.8, 4) is 16.4 Å². The Kier molecular flexibility index (Phi) is 4.08. The topological polar surface area (TPSA) is 95.8 Å². The molecule has 4 rings (SSSR count). The van der Waals surface area contributed by atoms with Crippen LogP contribution in [-0.4, -0.2) is 25.0 Å². The second-order valence-corrected chi connectivity index (χ2v) is 6.70. The van der Waals surface area contributed by atoms with Crippen molar-refractivity contribution in [2.45, 2.75) is 13.5 Å². The number of nitrogens with zero attached hydrogens (tertiary/aromatic N) is 4. The number of aromatic nitrogens is 4. The van der Waals surface area contributed by atoms with Crippen molar-refractivity contribution in [3.63, 3.8) is 0 Å². The Hall–Kier alpha value is -3.33. The smallest absolute Gasteiger partial charge is 0.335 e. The van der Waals surface area contributed by atoms with Gasteiger partial charge in [0, 0.05) is 6.54 Å². The molecule has 0 saturated carbocycles. The maximum absolute atomic E-state index is 13.3. The zero-order valence-electron chi connectivity index (χ0n) is 14.2. The number of carbonyl (C=O) groups excluding carboxylic acids is 1. The Morgan fingerprint density at radius 2 is 1.96 bits per heavy atom. The fourth-order valence-electron chi connectivity index (χ4n) is 2.96. The molecule has 0 aliphatic heterocycles. The molecule has 0 aliphatic rings. The summed E-state index contributed by atoms with van der Waals surface area (Å²) in [6.07, 6.45) is 0. The van der Waals surface area contributed by atoms with Crippen molar-refractivity contribution < 1.29 is 9.18 Å². The number of hydrogen-bond donors (Lipinski definition) is 1. The molecule has 0 spiro atoms. The van der Waals surface area contributed by atoms with E-state index in [1.54, 1.807) is 6.92 Å². The lowest BCUT2D eigenvalue weighted by atomic mass is 10.3. The Bertz CT molecular complexity index is 1210. The molecule has 9 heteroatoms. The predicted molar refractivity (Wildman–Crippen MR) is 101 cm³/mol. The molecule has 0 fully saturated rings. The summed E-state index contributed by atoms with van der Waals surface area (Å²) in [6.45, 7) is 2.07. The number of halogens is 1. The molecule has 136 valence electrons. The third-order valence-corrected chi connectivity index (χ3v) is 5.01. The number of primary amides is 1. The van der Waals surface area contributed by atoms with Crippen LogP contribution in [0, 0.1) is 5.82 Å². The summed E-state index contributed by atoms with van der Waals surface area (Å²) in [4.78, 5) is 34.6. The minimum Gasteiger partial charge on any atom is -0.364 e. The molecule has 0 bridgehead atoms. The number of aryl methyl sites for hydroxylation is 1. The van der Waals surface area contributed by atoms with Crippen LogP contribution in [-0.2, 0) is 6.54 Å². The van der Waals surface area contributed by atoms with Crippen LogP contribution in [0.15, 0.2) is 46.6 Å². The number of hydrogen-bond acceptors (Lipinski definition) is 5. The zero-order valence-corrected chi connectivity index (χ0v) is 15.0. The van der Waals surface area contributed by atoms with Gasteiger partial charge in [-0.1, -0.05) is 6.07 Å². The van der Waals surface area contributed by atoms with E-state index >= 15 is 0 Å². The molecule has 2 N–H and O–H groups in total. The maximum Gasteiger partial charge on any atom is 0.335 e. The minimum absolute atomic E-state index is 0.0248. The molecule has 0 unspecified atom stereocenters. The van der Waals surface area contributed by atoms with Crippen LogP contribution in [0.4, 0.5) is 4.39 Å². The van der Waals surface area contributed by atoms with Gasteiger partial charge in [0.25, 0.3) is 5.91 Å². The van der Waals surface area contributed by atoms with E-state index in [1.807, 2.05) is 17.5 Å². The molecule has 0 atom stereocenters. The van der Waals surface area contributed by atoms with Crippen molar-refractivity contribution in [1.82, 2.24) is 19.1 Å². The van der Waals surface area contributed by atoms with E-state index in [0.717, 1.165) is 4.88 Å². The van der Waals surface area contributed by atoms with Gasteiger partial charge in [0.05, 0.1) is 10.6 Å². The van der Waals surface area contributed by atoms with Crippen molar-refractivity contribution in [2.24, 2.45) is 5.73 Å². The molecule has 0 radical (unpaired) electrons. The van der Waals surface area contributed by atoms with Gasteiger partial charge in [-0.05, 0) is 42.6 Å². The summed E-state index contributed by atoms with van der Waals surface area (Å²) < 4.78 is 16.1. The number of amides is 1. The highest BCUT2D eigenvalue weighted by molar-refractivity contribution is 7.13. The van der Waals surface area contributed by atoms with Gasteiger partial charge in [-0.25, -0.2) is 23.7 Å². The van der Waals surface area contributed by atoms with E-state index in [-0.39, 0.29) is 16.9 Å². The first-order chi connectivity index (χ1) is 13.0. The molecule has 3 heterocycles. The van der Waals surface area contributed by atoms with Crippen LogP contribution < -0.4 is 11.4 Å². The van der Waals surface area contributed by atoms with Gasteiger partial charge in [-0.15, -0.1) is 11.3 Å². The number of fused-ring (bicyclic) bond motifs is 1. The van der Waals surface area contributed by atoms with E-state index in [1.165, 1.54) is 44.7 Å². The lowest BCUT2D eigenvalue weighted by molar-refractivity contribution is 0.0997. The molecule has 0 aliphatic carbocycles. The van der Waals surface area contributed by atoms with E-state index in [0.29, 0.717) is 18.1 Å². The second kappa shape index (κ2) is 6.44. The molecule has 0 saturated heterocycles. The monoisotopic (exact) mass is 383 g/mol. The summed E-state index contributed by atoms with van der Waals surface area (Å²) in [6, 6.07) is 9.12. The molecule has 27 heavy (non-hydrogen) atoms. The average Bonchev–Trinajstić information content (AvgIpc) is 3.27. The normalized spacial score (nSPS) is 11.2. The van der Waals surface area contributed by atoms with E-state index < -0.39 is 17.4 Å². The standard InChI is InChI=1S/C18H14FN5O2S/c1-2-23-14-13(15(20)25)21-16(12-4-3-9-27-12)22-17(14)24(18(23)26)11-7-5-10(19)6-8-11/h3-9H,2H2,1H3,(H2,20,25). The van der Waals surface area contributed by atoms with Crippen molar-refractivity contribution >= 4 is 28.4 Å². The molecule has 3 aromatic heterocycles. The van der Waals surface area contributed by atoms with Crippen LogP contribution in [0.1, 0.15) is 17.4 Å². The fraction of sp³-hybridized carbons (Fsp3) is 0.111. The average molecular weight is 383 g/mol. The summed E-state index contributed by atoms with van der Waals surface area (Å²) in [5.74, 6) is -0.869.